The molecule has 0 fully saturated rings. The second-order valence-corrected chi connectivity index (χ2v) is 4.23. The Bertz CT molecular complexity index is 643. The monoisotopic (exact) mass is 251 g/mol. The molecule has 1 aliphatic heterocycles. The van der Waals surface area contributed by atoms with Crippen molar-refractivity contribution in [1.82, 2.24) is 0 Å². The fourth-order valence-electron chi connectivity index (χ4n) is 2.05. The van der Waals surface area contributed by atoms with Crippen LogP contribution in [-0.4, -0.2) is 6.79 Å². The van der Waals surface area contributed by atoms with Gasteiger partial charge in [-0.3, -0.25) is 0 Å². The molecule has 94 valence electrons. The number of anilines is 1. The molecule has 2 aromatic carbocycles. The zero-order chi connectivity index (χ0) is 13.1. The molecule has 0 saturated heterocycles. The van der Waals surface area contributed by atoms with Crippen LogP contribution in [0, 0.1) is 12.3 Å². The molecular weight excluding hydrogens is 238 g/mol. The van der Waals surface area contributed by atoms with Crippen molar-refractivity contribution in [2.75, 3.05) is 12.1 Å². The predicted octanol–water partition coefficient (Wildman–Crippen LogP) is 3.01. The van der Waals surface area contributed by atoms with Crippen LogP contribution in [0.25, 0.3) is 0 Å². The summed E-state index contributed by atoms with van der Waals surface area (Å²) in [4.78, 5) is 0. The van der Waals surface area contributed by atoms with Gasteiger partial charge in [-0.1, -0.05) is 24.1 Å². The normalized spacial score (nSPS) is 11.9. The number of rotatable bonds is 3. The molecule has 3 rings (SSSR count). The van der Waals surface area contributed by atoms with Gasteiger partial charge in [0, 0.05) is 23.4 Å². The molecule has 0 atom stereocenters. The Morgan fingerprint density at radius 3 is 2.95 bits per heavy atom. The van der Waals surface area contributed by atoms with Crippen molar-refractivity contribution in [3.63, 3.8) is 0 Å². The van der Waals surface area contributed by atoms with E-state index in [9.17, 15) is 0 Å². The number of hydrogen-bond acceptors (Lipinski definition) is 3. The van der Waals surface area contributed by atoms with E-state index in [2.05, 4.69) is 11.2 Å². The summed E-state index contributed by atoms with van der Waals surface area (Å²) in [6, 6.07) is 13.7. The molecule has 0 saturated carbocycles. The van der Waals surface area contributed by atoms with E-state index in [0.29, 0.717) is 13.3 Å². The van der Waals surface area contributed by atoms with Gasteiger partial charge in [0.1, 0.15) is 0 Å². The van der Waals surface area contributed by atoms with Crippen molar-refractivity contribution in [3.05, 3.63) is 53.6 Å². The number of nitrogens with one attached hydrogen (secondary N) is 1. The van der Waals surface area contributed by atoms with Crippen LogP contribution >= 0.6 is 0 Å². The van der Waals surface area contributed by atoms with Gasteiger partial charge in [0.05, 0.1) is 0 Å². The van der Waals surface area contributed by atoms with Gasteiger partial charge < -0.3 is 14.8 Å². The lowest BCUT2D eigenvalue weighted by Gasteiger charge is -2.09. The van der Waals surface area contributed by atoms with Crippen molar-refractivity contribution < 1.29 is 9.47 Å². The molecule has 1 aliphatic rings. The second-order valence-electron chi connectivity index (χ2n) is 4.23. The van der Waals surface area contributed by atoms with Gasteiger partial charge in [0.15, 0.2) is 11.5 Å². The van der Waals surface area contributed by atoms with Gasteiger partial charge in [0.2, 0.25) is 6.79 Å². The third-order valence-electron chi connectivity index (χ3n) is 2.99. The van der Waals surface area contributed by atoms with Crippen LogP contribution in [0.15, 0.2) is 42.5 Å². The average molecular weight is 251 g/mol. The van der Waals surface area contributed by atoms with E-state index in [1.165, 1.54) is 0 Å². The fourth-order valence-corrected chi connectivity index (χ4v) is 2.05. The summed E-state index contributed by atoms with van der Waals surface area (Å²) >= 11 is 0. The van der Waals surface area contributed by atoms with E-state index < -0.39 is 0 Å². The van der Waals surface area contributed by atoms with E-state index >= 15 is 0 Å². The first-order valence-electron chi connectivity index (χ1n) is 6.05. The van der Waals surface area contributed by atoms with Crippen LogP contribution in [0.2, 0.25) is 0 Å². The third kappa shape index (κ3) is 2.34. The molecule has 0 radical (unpaired) electrons. The Morgan fingerprint density at radius 1 is 1.16 bits per heavy atom. The summed E-state index contributed by atoms with van der Waals surface area (Å²) in [5, 5.41) is 3.33. The van der Waals surface area contributed by atoms with Crippen molar-refractivity contribution in [3.8, 4) is 23.8 Å². The summed E-state index contributed by atoms with van der Waals surface area (Å²) in [6.07, 6.45) is 5.39. The van der Waals surface area contributed by atoms with Crippen LogP contribution in [0.4, 0.5) is 5.69 Å². The number of benzene rings is 2. The fraction of sp³-hybridized carbons (Fsp3) is 0.125. The highest BCUT2D eigenvalue weighted by molar-refractivity contribution is 5.53. The first kappa shape index (κ1) is 11.5. The molecular formula is C16H13NO2. The maximum absolute atomic E-state index is 5.47. The number of ether oxygens (including phenoxy) is 2. The molecule has 1 N–H and O–H groups in total. The zero-order valence-corrected chi connectivity index (χ0v) is 10.3. The maximum atomic E-state index is 5.47. The molecule has 1 heterocycles. The SMILES string of the molecule is C#Cc1cccc(NCc2cccc3c2OCO3)c1. The molecule has 2 aromatic rings. The molecule has 0 aromatic heterocycles. The number of hydrogen-bond donors (Lipinski definition) is 1. The minimum Gasteiger partial charge on any atom is -0.454 e. The van der Waals surface area contributed by atoms with Gasteiger partial charge in [-0.05, 0) is 24.3 Å². The summed E-state index contributed by atoms with van der Waals surface area (Å²) in [5.41, 5.74) is 2.93. The lowest BCUT2D eigenvalue weighted by atomic mass is 10.1. The Morgan fingerprint density at radius 2 is 2.05 bits per heavy atom. The smallest absolute Gasteiger partial charge is 0.231 e. The van der Waals surface area contributed by atoms with Gasteiger partial charge in [-0.25, -0.2) is 0 Å². The summed E-state index contributed by atoms with van der Waals surface area (Å²) < 4.78 is 10.8. The Kier molecular flexibility index (Phi) is 2.99. The van der Waals surface area contributed by atoms with E-state index in [-0.39, 0.29) is 0 Å². The van der Waals surface area contributed by atoms with Crippen molar-refractivity contribution in [1.29, 1.82) is 0 Å². The molecule has 3 heteroatoms. The van der Waals surface area contributed by atoms with Crippen molar-refractivity contribution in [2.24, 2.45) is 0 Å². The van der Waals surface area contributed by atoms with Crippen molar-refractivity contribution >= 4 is 5.69 Å². The molecule has 19 heavy (non-hydrogen) atoms. The second kappa shape index (κ2) is 4.95. The Balaban J connectivity index is 1.76. The quantitative estimate of drug-likeness (QED) is 0.851. The lowest BCUT2D eigenvalue weighted by molar-refractivity contribution is 0.173. The highest BCUT2D eigenvalue weighted by Crippen LogP contribution is 2.35. The number of para-hydroxylation sites is 1. The number of terminal acetylenes is 1. The third-order valence-corrected chi connectivity index (χ3v) is 2.99. The molecule has 0 amide bonds. The molecule has 0 bridgehead atoms. The van der Waals surface area contributed by atoms with Crippen molar-refractivity contribution in [2.45, 2.75) is 6.54 Å². The highest BCUT2D eigenvalue weighted by atomic mass is 16.7. The summed E-state index contributed by atoms with van der Waals surface area (Å²) in [7, 11) is 0. The van der Waals surface area contributed by atoms with Crippen LogP contribution in [0.1, 0.15) is 11.1 Å². The van der Waals surface area contributed by atoms with Crippen LogP contribution in [-0.2, 0) is 6.54 Å². The van der Waals surface area contributed by atoms with Crippen LogP contribution in [0.5, 0.6) is 11.5 Å². The molecule has 0 spiro atoms. The molecule has 0 aliphatic carbocycles. The summed E-state index contributed by atoms with van der Waals surface area (Å²) in [5.74, 6) is 4.25. The van der Waals surface area contributed by atoms with Crippen LogP contribution < -0.4 is 14.8 Å². The maximum Gasteiger partial charge on any atom is 0.231 e. The lowest BCUT2D eigenvalue weighted by Crippen LogP contribution is -2.01. The molecule has 3 nitrogen and oxygen atoms in total. The van der Waals surface area contributed by atoms with Gasteiger partial charge in [0.25, 0.3) is 0 Å². The molecule has 0 unspecified atom stereocenters. The Hall–Kier alpha value is -2.60. The van der Waals surface area contributed by atoms with Gasteiger partial charge >= 0.3 is 0 Å². The largest absolute Gasteiger partial charge is 0.454 e. The zero-order valence-electron chi connectivity index (χ0n) is 10.3. The van der Waals surface area contributed by atoms with E-state index in [1.807, 2.05) is 42.5 Å². The minimum absolute atomic E-state index is 0.291. The predicted molar refractivity (Wildman–Crippen MR) is 74.3 cm³/mol. The van der Waals surface area contributed by atoms with Gasteiger partial charge in [-0.15, -0.1) is 6.42 Å². The standard InChI is InChI=1S/C16H13NO2/c1-2-12-5-3-7-14(9-12)17-10-13-6-4-8-15-16(13)19-11-18-15/h1,3-9,17H,10-11H2. The van der Waals surface area contributed by atoms with E-state index in [0.717, 1.165) is 28.3 Å². The van der Waals surface area contributed by atoms with Crippen LogP contribution in [0.3, 0.4) is 0 Å². The first-order chi connectivity index (χ1) is 9.36. The van der Waals surface area contributed by atoms with Gasteiger partial charge in [-0.2, -0.15) is 0 Å². The van der Waals surface area contributed by atoms with E-state index in [1.54, 1.807) is 0 Å². The average Bonchev–Trinajstić information content (AvgIpc) is 2.94. The highest BCUT2D eigenvalue weighted by Gasteiger charge is 2.16. The first-order valence-corrected chi connectivity index (χ1v) is 6.05. The topological polar surface area (TPSA) is 30.5 Å². The summed E-state index contributed by atoms with van der Waals surface area (Å²) in [6.45, 7) is 0.958. The Labute approximate surface area is 112 Å². The van der Waals surface area contributed by atoms with E-state index in [4.69, 9.17) is 15.9 Å². The minimum atomic E-state index is 0.291. The number of fused-ring (bicyclic) bond motifs is 1.